The van der Waals surface area contributed by atoms with Gasteiger partial charge in [-0.3, -0.25) is 0 Å². The van der Waals surface area contributed by atoms with Crippen molar-refractivity contribution >= 4 is 69.1 Å². The third-order valence-corrected chi connectivity index (χ3v) is 11.4. The molecule has 61 heavy (non-hydrogen) atoms. The first kappa shape index (κ1) is 41.1. The number of hydrogen-bond acceptors (Lipinski definition) is 6. The third kappa shape index (κ3) is 7.90. The molecule has 2 N–H and O–H groups in total. The number of nitrogens with one attached hydrogen (secondary N) is 2. The molecule has 3 aromatic heterocycles. The zero-order valence-corrected chi connectivity index (χ0v) is 39.2. The van der Waals surface area contributed by atoms with Crippen molar-refractivity contribution in [2.45, 2.75) is 0 Å². The monoisotopic (exact) mass is 850 g/mol. The molecule has 0 spiro atoms. The van der Waals surface area contributed by atoms with Crippen LogP contribution in [0.25, 0.3) is 90.9 Å². The van der Waals surface area contributed by atoms with E-state index in [0.717, 1.165) is 112 Å². The van der Waals surface area contributed by atoms with Crippen molar-refractivity contribution in [1.82, 2.24) is 19.9 Å². The van der Waals surface area contributed by atoms with E-state index in [0.29, 0.717) is 0 Å². The van der Waals surface area contributed by atoms with Gasteiger partial charge in [0.15, 0.2) is 0 Å². The molecule has 0 fully saturated rings. The molecular formula is C52H50N8Zn. The van der Waals surface area contributed by atoms with Gasteiger partial charge in [0.25, 0.3) is 0 Å². The van der Waals surface area contributed by atoms with E-state index in [2.05, 4.69) is 232 Å². The van der Waals surface area contributed by atoms with E-state index in [1.807, 2.05) is 0 Å². The number of aromatic nitrogens is 4. The first-order valence-electron chi connectivity index (χ1n) is 20.3. The molecule has 5 heterocycles. The van der Waals surface area contributed by atoms with Crippen LogP contribution in [0.5, 0.6) is 0 Å². The van der Waals surface area contributed by atoms with Gasteiger partial charge in [-0.15, -0.1) is 0 Å². The van der Waals surface area contributed by atoms with Gasteiger partial charge in [-0.1, -0.05) is 48.5 Å². The summed E-state index contributed by atoms with van der Waals surface area (Å²) in [5, 5.41) is 0. The van der Waals surface area contributed by atoms with E-state index >= 15 is 0 Å². The van der Waals surface area contributed by atoms with Crippen LogP contribution in [0.2, 0.25) is 0 Å². The summed E-state index contributed by atoms with van der Waals surface area (Å²) >= 11 is 0. The summed E-state index contributed by atoms with van der Waals surface area (Å²) in [5.41, 5.74) is 20.4. The minimum Gasteiger partial charge on any atom is -0.378 e. The van der Waals surface area contributed by atoms with Crippen molar-refractivity contribution in [3.8, 4) is 44.5 Å². The topological polar surface area (TPSA) is 70.3 Å². The fourth-order valence-corrected chi connectivity index (χ4v) is 8.13. The van der Waals surface area contributed by atoms with E-state index in [1.165, 1.54) is 0 Å². The molecule has 4 aromatic carbocycles. The summed E-state index contributed by atoms with van der Waals surface area (Å²) < 4.78 is 0. The van der Waals surface area contributed by atoms with Crippen LogP contribution < -0.4 is 19.6 Å². The Morgan fingerprint density at radius 3 is 0.672 bits per heavy atom. The average molecular weight is 852 g/mol. The first-order chi connectivity index (χ1) is 29.0. The number of H-pyrrole nitrogens is 2. The normalized spacial score (nSPS) is 11.7. The van der Waals surface area contributed by atoms with Gasteiger partial charge in [0.05, 0.1) is 22.8 Å². The largest absolute Gasteiger partial charge is 0.378 e. The maximum Gasteiger partial charge on any atom is 0.0737 e. The SMILES string of the molecule is CN(C)c1ccc(-c2c3nc(c(-c4ccc(N(C)C)cc4)c4ccc([nH]4)c(-c4ccc(N(C)C)cc4)c4nc(c(-c5ccc(N(C)C)cc5)c5ccc2[nH]5)C=C4)C=C3)cc1.[Zn]. The predicted octanol–water partition coefficient (Wildman–Crippen LogP) is 11.6. The Kier molecular flexibility index (Phi) is 11.3. The number of nitrogens with zero attached hydrogens (tertiary/aromatic N) is 6. The minimum absolute atomic E-state index is 0. The molecule has 0 saturated carbocycles. The number of fused-ring (bicyclic) bond motifs is 8. The average Bonchev–Trinajstić information content (AvgIpc) is 4.10. The fraction of sp³-hybridized carbons (Fsp3) is 0.154. The quantitative estimate of drug-likeness (QED) is 0.148. The van der Waals surface area contributed by atoms with Gasteiger partial charge in [0.1, 0.15) is 0 Å². The van der Waals surface area contributed by atoms with Gasteiger partial charge in [0.2, 0.25) is 0 Å². The molecular weight excluding hydrogens is 802 g/mol. The van der Waals surface area contributed by atoms with Crippen molar-refractivity contribution in [3.05, 3.63) is 144 Å². The molecule has 0 unspecified atom stereocenters. The molecule has 0 radical (unpaired) electrons. The second kappa shape index (κ2) is 16.8. The van der Waals surface area contributed by atoms with E-state index in [9.17, 15) is 0 Å². The van der Waals surface area contributed by atoms with E-state index in [1.54, 1.807) is 0 Å². The van der Waals surface area contributed by atoms with Gasteiger partial charge in [0, 0.05) is 143 Å². The molecule has 0 saturated heterocycles. The number of aromatic amines is 2. The molecule has 9 rings (SSSR count). The van der Waals surface area contributed by atoms with Crippen LogP contribution >= 0.6 is 0 Å². The molecule has 8 nitrogen and oxygen atoms in total. The summed E-state index contributed by atoms with van der Waals surface area (Å²) in [6.07, 6.45) is 8.61. The second-order valence-electron chi connectivity index (χ2n) is 16.3. The van der Waals surface area contributed by atoms with Crippen molar-refractivity contribution in [1.29, 1.82) is 0 Å². The van der Waals surface area contributed by atoms with E-state index in [4.69, 9.17) is 9.97 Å². The van der Waals surface area contributed by atoms with Crippen LogP contribution in [-0.2, 0) is 19.5 Å². The molecule has 9 heteroatoms. The Hall–Kier alpha value is -6.70. The third-order valence-electron chi connectivity index (χ3n) is 11.4. The molecule has 2 aliphatic rings. The van der Waals surface area contributed by atoms with Gasteiger partial charge >= 0.3 is 0 Å². The molecule has 2 aliphatic heterocycles. The number of hydrogen-bond donors (Lipinski definition) is 2. The summed E-state index contributed by atoms with van der Waals surface area (Å²) in [6, 6.07) is 43.6. The summed E-state index contributed by atoms with van der Waals surface area (Å²) in [7, 11) is 16.5. The van der Waals surface area contributed by atoms with E-state index in [-0.39, 0.29) is 19.5 Å². The molecule has 0 atom stereocenters. The predicted molar refractivity (Wildman–Crippen MR) is 258 cm³/mol. The van der Waals surface area contributed by atoms with Crippen LogP contribution in [0.4, 0.5) is 22.7 Å². The number of anilines is 4. The maximum absolute atomic E-state index is 5.49. The molecule has 0 aliphatic carbocycles. The van der Waals surface area contributed by atoms with Gasteiger partial charge in [-0.25, -0.2) is 9.97 Å². The molecule has 300 valence electrons. The van der Waals surface area contributed by atoms with Crippen molar-refractivity contribution in [3.63, 3.8) is 0 Å². The molecule has 8 bridgehead atoms. The number of rotatable bonds is 8. The van der Waals surface area contributed by atoms with Gasteiger partial charge < -0.3 is 29.6 Å². The summed E-state index contributed by atoms with van der Waals surface area (Å²) in [6.45, 7) is 0. The van der Waals surface area contributed by atoms with E-state index < -0.39 is 0 Å². The number of benzene rings is 4. The van der Waals surface area contributed by atoms with Crippen molar-refractivity contribution in [2.24, 2.45) is 0 Å². The Bertz CT molecular complexity index is 2550. The van der Waals surface area contributed by atoms with Crippen LogP contribution in [0, 0.1) is 0 Å². The molecule has 7 aromatic rings. The van der Waals surface area contributed by atoms with Crippen LogP contribution in [0.3, 0.4) is 0 Å². The smallest absolute Gasteiger partial charge is 0.0737 e. The summed E-state index contributed by atoms with van der Waals surface area (Å²) in [4.78, 5) is 27.2. The zero-order valence-electron chi connectivity index (χ0n) is 36.2. The Balaban J connectivity index is 0.00000514. The summed E-state index contributed by atoms with van der Waals surface area (Å²) in [5.74, 6) is 0. The zero-order chi connectivity index (χ0) is 41.7. The second-order valence-corrected chi connectivity index (χ2v) is 16.3. The Morgan fingerprint density at radius 2 is 0.492 bits per heavy atom. The Morgan fingerprint density at radius 1 is 0.295 bits per heavy atom. The van der Waals surface area contributed by atoms with Crippen molar-refractivity contribution in [2.75, 3.05) is 76.0 Å². The van der Waals surface area contributed by atoms with Crippen LogP contribution in [0.15, 0.2) is 121 Å². The Labute approximate surface area is 371 Å². The van der Waals surface area contributed by atoms with Crippen molar-refractivity contribution < 1.29 is 19.5 Å². The maximum atomic E-state index is 5.49. The van der Waals surface area contributed by atoms with Gasteiger partial charge in [-0.2, -0.15) is 0 Å². The molecule has 0 amide bonds. The van der Waals surface area contributed by atoms with Crippen LogP contribution in [0.1, 0.15) is 22.8 Å². The van der Waals surface area contributed by atoms with Crippen LogP contribution in [-0.4, -0.2) is 76.3 Å². The van der Waals surface area contributed by atoms with Gasteiger partial charge in [-0.05, 0) is 119 Å². The minimum atomic E-state index is 0. The standard InChI is InChI=1S/C52H50N8.Zn/c1-57(2)37-17-9-33(10-18-37)49-41-25-27-43(53-41)50(34-11-19-38(20-12-34)58(3)4)45-29-31-47(55-45)52(36-15-23-40(24-16-36)60(7)8)48-32-30-46(56-48)51(44-28-26-42(49)54-44)35-13-21-39(22-14-35)59(5)6;/h9-32,53,56H,1-8H3;. The fourth-order valence-electron chi connectivity index (χ4n) is 8.13. The first-order valence-corrected chi connectivity index (χ1v) is 20.3.